The molecule has 2 aromatic carbocycles. The summed E-state index contributed by atoms with van der Waals surface area (Å²) in [6.07, 6.45) is 5.29. The lowest BCUT2D eigenvalue weighted by molar-refractivity contribution is 1.18. The predicted octanol–water partition coefficient (Wildman–Crippen LogP) is 4.57. The third-order valence-electron chi connectivity index (χ3n) is 4.61. The second-order valence-corrected chi connectivity index (χ2v) is 6.41. The van der Waals surface area contributed by atoms with Gasteiger partial charge in [-0.3, -0.25) is 9.97 Å². The van der Waals surface area contributed by atoms with E-state index in [1.807, 2.05) is 60.7 Å². The molecule has 0 aliphatic heterocycles. The maximum Gasteiger partial charge on any atom is 0.229 e. The van der Waals surface area contributed by atoms with Gasteiger partial charge < -0.3 is 11.1 Å². The normalized spacial score (nSPS) is 11.0. The second kappa shape index (κ2) is 6.59. The van der Waals surface area contributed by atoms with Crippen LogP contribution < -0.4 is 11.1 Å². The Kier molecular flexibility index (Phi) is 3.80. The van der Waals surface area contributed by atoms with Crippen LogP contribution in [0.2, 0.25) is 0 Å². The highest BCUT2D eigenvalue weighted by molar-refractivity contribution is 5.92. The Morgan fingerprint density at radius 3 is 2.61 bits per heavy atom. The van der Waals surface area contributed by atoms with Gasteiger partial charge in [0.25, 0.3) is 0 Å². The van der Waals surface area contributed by atoms with Crippen LogP contribution in [0.1, 0.15) is 0 Å². The van der Waals surface area contributed by atoms with Gasteiger partial charge in [0.1, 0.15) is 5.82 Å². The van der Waals surface area contributed by atoms with E-state index in [1.54, 1.807) is 18.6 Å². The number of nitrogens with one attached hydrogen (secondary N) is 1. The molecule has 0 saturated heterocycles. The summed E-state index contributed by atoms with van der Waals surface area (Å²) in [5, 5.41) is 5.28. The van der Waals surface area contributed by atoms with E-state index in [0.717, 1.165) is 38.6 Å². The molecule has 0 radical (unpaired) electrons. The number of pyridine rings is 2. The van der Waals surface area contributed by atoms with Crippen LogP contribution in [0, 0.1) is 0 Å². The van der Waals surface area contributed by atoms with Crippen molar-refractivity contribution in [3.8, 4) is 11.1 Å². The zero-order valence-electron chi connectivity index (χ0n) is 14.9. The number of aromatic nitrogens is 4. The zero-order chi connectivity index (χ0) is 18.9. The Bertz CT molecular complexity index is 1310. The molecule has 134 valence electrons. The number of anilines is 3. The van der Waals surface area contributed by atoms with Gasteiger partial charge in [0, 0.05) is 40.5 Å². The predicted molar refractivity (Wildman–Crippen MR) is 112 cm³/mol. The Balaban J connectivity index is 1.50. The molecule has 0 bridgehead atoms. The SMILES string of the molecule is Nc1nc(Nc2cccc3ncccc23)ncc1-c1cnc2ccccc2c1. The lowest BCUT2D eigenvalue weighted by Gasteiger charge is -2.10. The summed E-state index contributed by atoms with van der Waals surface area (Å²) in [5.41, 5.74) is 10.6. The highest BCUT2D eigenvalue weighted by Crippen LogP contribution is 2.28. The van der Waals surface area contributed by atoms with Crippen molar-refractivity contribution in [1.82, 2.24) is 19.9 Å². The van der Waals surface area contributed by atoms with E-state index in [0.29, 0.717) is 11.8 Å². The number of benzene rings is 2. The molecule has 28 heavy (non-hydrogen) atoms. The van der Waals surface area contributed by atoms with E-state index in [-0.39, 0.29) is 0 Å². The number of hydrogen-bond donors (Lipinski definition) is 2. The summed E-state index contributed by atoms with van der Waals surface area (Å²) in [6.45, 7) is 0. The first-order valence-corrected chi connectivity index (χ1v) is 8.86. The highest BCUT2D eigenvalue weighted by Gasteiger charge is 2.09. The molecule has 0 aliphatic carbocycles. The quantitative estimate of drug-likeness (QED) is 0.487. The molecule has 0 spiro atoms. The number of hydrogen-bond acceptors (Lipinski definition) is 6. The topological polar surface area (TPSA) is 89.6 Å². The first-order valence-electron chi connectivity index (χ1n) is 8.86. The van der Waals surface area contributed by atoms with E-state index in [9.17, 15) is 0 Å². The Hall–Kier alpha value is -4.06. The van der Waals surface area contributed by atoms with Gasteiger partial charge in [0.05, 0.1) is 16.7 Å². The Morgan fingerprint density at radius 1 is 0.786 bits per heavy atom. The molecule has 6 heteroatoms. The van der Waals surface area contributed by atoms with E-state index < -0.39 is 0 Å². The minimum absolute atomic E-state index is 0.396. The zero-order valence-corrected chi connectivity index (χ0v) is 14.9. The van der Waals surface area contributed by atoms with E-state index in [4.69, 9.17) is 5.73 Å². The monoisotopic (exact) mass is 364 g/mol. The first kappa shape index (κ1) is 16.1. The molecule has 3 heterocycles. The van der Waals surface area contributed by atoms with Gasteiger partial charge in [-0.1, -0.05) is 24.3 Å². The van der Waals surface area contributed by atoms with Crippen molar-refractivity contribution in [1.29, 1.82) is 0 Å². The molecule has 0 unspecified atom stereocenters. The largest absolute Gasteiger partial charge is 0.383 e. The van der Waals surface area contributed by atoms with Gasteiger partial charge in [-0.05, 0) is 36.4 Å². The number of nitrogens with zero attached hydrogens (tertiary/aromatic N) is 4. The smallest absolute Gasteiger partial charge is 0.229 e. The molecular weight excluding hydrogens is 348 g/mol. The van der Waals surface area contributed by atoms with E-state index in [1.165, 1.54) is 0 Å². The Morgan fingerprint density at radius 2 is 1.68 bits per heavy atom. The van der Waals surface area contributed by atoms with Gasteiger partial charge in [0.2, 0.25) is 5.95 Å². The molecule has 3 N–H and O–H groups in total. The molecule has 0 saturated carbocycles. The third-order valence-corrected chi connectivity index (χ3v) is 4.61. The van der Waals surface area contributed by atoms with Crippen molar-refractivity contribution < 1.29 is 0 Å². The number of nitrogen functional groups attached to an aromatic ring is 1. The fourth-order valence-electron chi connectivity index (χ4n) is 3.23. The lowest BCUT2D eigenvalue weighted by Crippen LogP contribution is -2.02. The molecular formula is C22H16N6. The number of para-hydroxylation sites is 1. The summed E-state index contributed by atoms with van der Waals surface area (Å²) >= 11 is 0. The Labute approximate surface area is 161 Å². The third kappa shape index (κ3) is 2.87. The van der Waals surface area contributed by atoms with Crippen molar-refractivity contribution in [2.45, 2.75) is 0 Å². The summed E-state index contributed by atoms with van der Waals surface area (Å²) in [6, 6.07) is 19.8. The van der Waals surface area contributed by atoms with Gasteiger partial charge in [0.15, 0.2) is 0 Å². The van der Waals surface area contributed by atoms with Crippen LogP contribution in [-0.2, 0) is 0 Å². The van der Waals surface area contributed by atoms with Crippen molar-refractivity contribution in [2.24, 2.45) is 0 Å². The van der Waals surface area contributed by atoms with Gasteiger partial charge >= 0.3 is 0 Å². The maximum absolute atomic E-state index is 6.23. The van der Waals surface area contributed by atoms with Crippen molar-refractivity contribution in [3.05, 3.63) is 79.3 Å². The van der Waals surface area contributed by atoms with Gasteiger partial charge in [-0.15, -0.1) is 0 Å². The molecule has 0 aliphatic rings. The average molecular weight is 364 g/mol. The van der Waals surface area contributed by atoms with Crippen LogP contribution in [0.4, 0.5) is 17.5 Å². The summed E-state index contributed by atoms with van der Waals surface area (Å²) in [5.74, 6) is 0.833. The number of fused-ring (bicyclic) bond motifs is 2. The lowest BCUT2D eigenvalue weighted by atomic mass is 10.1. The fourth-order valence-corrected chi connectivity index (χ4v) is 3.23. The van der Waals surface area contributed by atoms with Crippen molar-refractivity contribution >= 4 is 39.3 Å². The standard InChI is InChI=1S/C22H16N6/c23-21-17(15-11-14-5-1-2-7-18(14)25-12-15)13-26-22(28-21)27-20-9-3-8-19-16(20)6-4-10-24-19/h1-13H,(H3,23,26,27,28). The van der Waals surface area contributed by atoms with Crippen LogP contribution in [0.5, 0.6) is 0 Å². The van der Waals surface area contributed by atoms with E-state index >= 15 is 0 Å². The van der Waals surface area contributed by atoms with Crippen LogP contribution in [0.3, 0.4) is 0 Å². The minimum Gasteiger partial charge on any atom is -0.383 e. The first-order chi connectivity index (χ1) is 13.8. The summed E-state index contributed by atoms with van der Waals surface area (Å²) < 4.78 is 0. The van der Waals surface area contributed by atoms with Crippen LogP contribution in [0.25, 0.3) is 32.9 Å². The number of rotatable bonds is 3. The van der Waals surface area contributed by atoms with E-state index in [2.05, 4.69) is 25.3 Å². The molecule has 0 atom stereocenters. The molecule has 0 amide bonds. The number of nitrogens with two attached hydrogens (primary N) is 1. The van der Waals surface area contributed by atoms with Crippen molar-refractivity contribution in [2.75, 3.05) is 11.1 Å². The van der Waals surface area contributed by atoms with Crippen LogP contribution in [-0.4, -0.2) is 19.9 Å². The molecule has 3 aromatic heterocycles. The molecule has 0 fully saturated rings. The van der Waals surface area contributed by atoms with Gasteiger partial charge in [-0.2, -0.15) is 4.98 Å². The average Bonchev–Trinajstić information content (AvgIpc) is 2.74. The molecule has 6 nitrogen and oxygen atoms in total. The summed E-state index contributed by atoms with van der Waals surface area (Å²) in [4.78, 5) is 17.7. The highest BCUT2D eigenvalue weighted by atomic mass is 15.1. The summed E-state index contributed by atoms with van der Waals surface area (Å²) in [7, 11) is 0. The molecule has 5 rings (SSSR count). The van der Waals surface area contributed by atoms with Crippen LogP contribution in [0.15, 0.2) is 79.3 Å². The fraction of sp³-hybridized carbons (Fsp3) is 0. The van der Waals surface area contributed by atoms with Crippen LogP contribution >= 0.6 is 0 Å². The minimum atomic E-state index is 0.396. The van der Waals surface area contributed by atoms with Crippen molar-refractivity contribution in [3.63, 3.8) is 0 Å². The molecule has 5 aromatic rings. The second-order valence-electron chi connectivity index (χ2n) is 6.41. The maximum atomic E-state index is 6.23. The van der Waals surface area contributed by atoms with Gasteiger partial charge in [-0.25, -0.2) is 4.98 Å².